The largest absolute Gasteiger partial charge is 0.353 e. The van der Waals surface area contributed by atoms with Crippen molar-refractivity contribution in [2.24, 2.45) is 0 Å². The molecule has 0 aliphatic rings. The first-order valence-corrected chi connectivity index (χ1v) is 7.74. The minimum atomic E-state index is -0.328. The molecule has 2 N–H and O–H groups in total. The zero-order chi connectivity index (χ0) is 16.9. The van der Waals surface area contributed by atoms with Crippen LogP contribution < -0.4 is 10.6 Å². The number of amides is 2. The summed E-state index contributed by atoms with van der Waals surface area (Å²) in [5.41, 5.74) is 0.303. The minimum absolute atomic E-state index is 0.0286. The summed E-state index contributed by atoms with van der Waals surface area (Å²) in [7, 11) is 1.67. The SMILES string of the molecule is CC(C)NC(=O)CN(C)CC(=O)Nc1c(Cl)cc(Cl)cc1Cl. The van der Waals surface area contributed by atoms with Crippen molar-refractivity contribution in [2.75, 3.05) is 25.5 Å². The van der Waals surface area contributed by atoms with Crippen LogP contribution in [0.25, 0.3) is 0 Å². The zero-order valence-electron chi connectivity index (χ0n) is 12.5. The van der Waals surface area contributed by atoms with E-state index < -0.39 is 0 Å². The van der Waals surface area contributed by atoms with Crippen LogP contribution in [0.3, 0.4) is 0 Å². The summed E-state index contributed by atoms with van der Waals surface area (Å²) >= 11 is 17.8. The van der Waals surface area contributed by atoms with Crippen LogP contribution >= 0.6 is 34.8 Å². The Morgan fingerprint density at radius 1 is 1.09 bits per heavy atom. The molecule has 0 unspecified atom stereocenters. The number of halogens is 3. The van der Waals surface area contributed by atoms with Crippen molar-refractivity contribution in [1.82, 2.24) is 10.2 Å². The number of hydrogen-bond acceptors (Lipinski definition) is 3. The summed E-state index contributed by atoms with van der Waals surface area (Å²) in [6.45, 7) is 3.89. The van der Waals surface area contributed by atoms with E-state index in [0.717, 1.165) is 0 Å². The van der Waals surface area contributed by atoms with Crippen LogP contribution in [-0.4, -0.2) is 42.9 Å². The number of nitrogens with zero attached hydrogens (tertiary/aromatic N) is 1. The Hall–Kier alpha value is -1.01. The van der Waals surface area contributed by atoms with Gasteiger partial charge in [0.15, 0.2) is 0 Å². The fraction of sp³-hybridized carbons (Fsp3) is 0.429. The standard InChI is InChI=1S/C14H18Cl3N3O2/c1-8(2)18-12(21)6-20(3)7-13(22)19-14-10(16)4-9(15)5-11(14)17/h4-5,8H,6-7H2,1-3H3,(H,18,21)(H,19,22). The monoisotopic (exact) mass is 365 g/mol. The molecular weight excluding hydrogens is 349 g/mol. The molecule has 1 aromatic carbocycles. The van der Waals surface area contributed by atoms with Crippen LogP contribution in [0.4, 0.5) is 5.69 Å². The quantitative estimate of drug-likeness (QED) is 0.813. The lowest BCUT2D eigenvalue weighted by molar-refractivity contribution is -0.123. The second kappa shape index (κ2) is 8.58. The highest BCUT2D eigenvalue weighted by Crippen LogP contribution is 2.33. The summed E-state index contributed by atoms with van der Waals surface area (Å²) in [6.07, 6.45) is 0. The Bertz CT molecular complexity index is 541. The molecule has 0 aliphatic heterocycles. The second-order valence-corrected chi connectivity index (χ2v) is 6.44. The topological polar surface area (TPSA) is 61.4 Å². The van der Waals surface area contributed by atoms with E-state index in [1.54, 1.807) is 11.9 Å². The van der Waals surface area contributed by atoms with E-state index in [1.165, 1.54) is 12.1 Å². The Morgan fingerprint density at radius 2 is 1.59 bits per heavy atom. The number of nitrogens with one attached hydrogen (secondary N) is 2. The minimum Gasteiger partial charge on any atom is -0.353 e. The van der Waals surface area contributed by atoms with E-state index in [9.17, 15) is 9.59 Å². The molecule has 0 saturated heterocycles. The molecule has 1 rings (SSSR count). The number of carbonyl (C=O) groups excluding carboxylic acids is 2. The lowest BCUT2D eigenvalue weighted by Crippen LogP contribution is -2.41. The highest BCUT2D eigenvalue weighted by Gasteiger charge is 2.14. The van der Waals surface area contributed by atoms with Gasteiger partial charge in [-0.2, -0.15) is 0 Å². The Balaban J connectivity index is 2.58. The smallest absolute Gasteiger partial charge is 0.238 e. The zero-order valence-corrected chi connectivity index (χ0v) is 14.8. The highest BCUT2D eigenvalue weighted by molar-refractivity contribution is 6.42. The molecule has 5 nitrogen and oxygen atoms in total. The number of anilines is 1. The van der Waals surface area contributed by atoms with Gasteiger partial charge in [0.05, 0.1) is 28.8 Å². The lowest BCUT2D eigenvalue weighted by Gasteiger charge is -2.17. The van der Waals surface area contributed by atoms with Crippen molar-refractivity contribution in [2.45, 2.75) is 19.9 Å². The maximum Gasteiger partial charge on any atom is 0.238 e. The molecule has 0 aliphatic carbocycles. The predicted octanol–water partition coefficient (Wildman–Crippen LogP) is 3.04. The molecule has 0 spiro atoms. The third-order valence-electron chi connectivity index (χ3n) is 2.55. The third-order valence-corrected chi connectivity index (χ3v) is 3.36. The summed E-state index contributed by atoms with van der Waals surface area (Å²) in [6, 6.07) is 3.04. The van der Waals surface area contributed by atoms with Gasteiger partial charge in [-0.3, -0.25) is 14.5 Å². The van der Waals surface area contributed by atoms with E-state index in [2.05, 4.69) is 10.6 Å². The predicted molar refractivity (Wildman–Crippen MR) is 90.9 cm³/mol. The second-order valence-electron chi connectivity index (χ2n) is 5.19. The molecule has 0 radical (unpaired) electrons. The number of benzene rings is 1. The van der Waals surface area contributed by atoms with Crippen LogP contribution in [0, 0.1) is 0 Å². The van der Waals surface area contributed by atoms with E-state index in [4.69, 9.17) is 34.8 Å². The number of carbonyl (C=O) groups is 2. The molecule has 0 heterocycles. The van der Waals surface area contributed by atoms with E-state index in [1.807, 2.05) is 13.8 Å². The Morgan fingerprint density at radius 3 is 2.09 bits per heavy atom. The summed E-state index contributed by atoms with van der Waals surface area (Å²) in [5.74, 6) is -0.473. The molecule has 0 atom stereocenters. The van der Waals surface area contributed by atoms with Crippen LogP contribution in [0.1, 0.15) is 13.8 Å². The maximum absolute atomic E-state index is 12.0. The first-order chi connectivity index (χ1) is 10.2. The normalized spacial score (nSPS) is 10.9. The van der Waals surface area contributed by atoms with Gasteiger partial charge in [0.25, 0.3) is 0 Å². The van der Waals surface area contributed by atoms with Crippen molar-refractivity contribution in [3.05, 3.63) is 27.2 Å². The van der Waals surface area contributed by atoms with E-state index in [-0.39, 0.29) is 41.0 Å². The number of rotatable bonds is 6. The first-order valence-electron chi connectivity index (χ1n) is 6.61. The molecular formula is C14H18Cl3N3O2. The summed E-state index contributed by atoms with van der Waals surface area (Å²) < 4.78 is 0. The molecule has 0 fully saturated rings. The van der Waals surface area contributed by atoms with Gasteiger partial charge in [-0.15, -0.1) is 0 Å². The van der Waals surface area contributed by atoms with Crippen LogP contribution in [-0.2, 0) is 9.59 Å². The maximum atomic E-state index is 12.0. The van der Waals surface area contributed by atoms with Gasteiger partial charge in [-0.05, 0) is 33.0 Å². The van der Waals surface area contributed by atoms with Crippen molar-refractivity contribution >= 4 is 52.3 Å². The van der Waals surface area contributed by atoms with E-state index in [0.29, 0.717) is 10.7 Å². The van der Waals surface area contributed by atoms with Gasteiger partial charge in [0.1, 0.15) is 0 Å². The van der Waals surface area contributed by atoms with Gasteiger partial charge in [-0.1, -0.05) is 34.8 Å². The molecule has 22 heavy (non-hydrogen) atoms. The Kier molecular flexibility index (Phi) is 7.42. The summed E-state index contributed by atoms with van der Waals surface area (Å²) in [5, 5.41) is 6.26. The van der Waals surface area contributed by atoms with Crippen molar-refractivity contribution in [3.8, 4) is 0 Å². The van der Waals surface area contributed by atoms with Gasteiger partial charge < -0.3 is 10.6 Å². The average molecular weight is 367 g/mol. The molecule has 0 aromatic heterocycles. The van der Waals surface area contributed by atoms with Crippen molar-refractivity contribution < 1.29 is 9.59 Å². The lowest BCUT2D eigenvalue weighted by atomic mass is 10.3. The molecule has 122 valence electrons. The van der Waals surface area contributed by atoms with Crippen molar-refractivity contribution in [1.29, 1.82) is 0 Å². The van der Waals surface area contributed by atoms with Gasteiger partial charge in [0, 0.05) is 11.1 Å². The third kappa shape index (κ3) is 6.40. The fourth-order valence-corrected chi connectivity index (χ4v) is 2.67. The van der Waals surface area contributed by atoms with Crippen molar-refractivity contribution in [3.63, 3.8) is 0 Å². The fourth-order valence-electron chi connectivity index (χ4n) is 1.75. The molecule has 0 bridgehead atoms. The van der Waals surface area contributed by atoms with Gasteiger partial charge in [0.2, 0.25) is 11.8 Å². The summed E-state index contributed by atoms with van der Waals surface area (Å²) in [4.78, 5) is 25.2. The average Bonchev–Trinajstić information content (AvgIpc) is 2.31. The Labute approximate surface area is 144 Å². The van der Waals surface area contributed by atoms with E-state index >= 15 is 0 Å². The molecule has 2 amide bonds. The molecule has 1 aromatic rings. The first kappa shape index (κ1) is 19.0. The van der Waals surface area contributed by atoms with Crippen LogP contribution in [0.2, 0.25) is 15.1 Å². The van der Waals surface area contributed by atoms with Gasteiger partial charge in [-0.25, -0.2) is 0 Å². The van der Waals surface area contributed by atoms with Crippen LogP contribution in [0.15, 0.2) is 12.1 Å². The van der Waals surface area contributed by atoms with Gasteiger partial charge >= 0.3 is 0 Å². The molecule has 0 saturated carbocycles. The number of likely N-dealkylation sites (N-methyl/N-ethyl adjacent to an activating group) is 1. The van der Waals surface area contributed by atoms with Crippen LogP contribution in [0.5, 0.6) is 0 Å². The highest BCUT2D eigenvalue weighted by atomic mass is 35.5. The molecule has 8 heteroatoms. The number of hydrogen-bond donors (Lipinski definition) is 2.